The van der Waals surface area contributed by atoms with Gasteiger partial charge >= 0.3 is 0 Å². The maximum atomic E-state index is 4.87. The molecule has 0 aliphatic rings. The van der Waals surface area contributed by atoms with Gasteiger partial charge < -0.3 is 0 Å². The van der Waals surface area contributed by atoms with Crippen LogP contribution in [-0.4, -0.2) is 35.3 Å². The number of nitrogens with zero attached hydrogens (tertiary/aromatic N) is 7. The van der Waals surface area contributed by atoms with E-state index in [4.69, 9.17) is 9.97 Å². The molecule has 0 bridgehead atoms. The molecule has 5 aromatic rings. The summed E-state index contributed by atoms with van der Waals surface area (Å²) in [6.45, 7) is 0. The summed E-state index contributed by atoms with van der Waals surface area (Å²) in [5.41, 5.74) is 5.06. The largest absolute Gasteiger partial charge is 0.256 e. The van der Waals surface area contributed by atoms with E-state index in [1.54, 1.807) is 18.6 Å². The molecule has 0 aliphatic carbocycles. The van der Waals surface area contributed by atoms with Crippen LogP contribution in [0.4, 0.5) is 0 Å². The number of rotatable bonds is 4. The molecular formula is C23H15N7. The van der Waals surface area contributed by atoms with Crippen LogP contribution in [0.2, 0.25) is 0 Å². The second kappa shape index (κ2) is 7.92. The first-order chi connectivity index (χ1) is 14.9. The molecule has 5 rings (SSSR count). The molecule has 1 aromatic carbocycles. The van der Waals surface area contributed by atoms with Crippen molar-refractivity contribution in [2.24, 2.45) is 0 Å². The van der Waals surface area contributed by atoms with Gasteiger partial charge in [-0.3, -0.25) is 4.98 Å². The minimum Gasteiger partial charge on any atom is -0.256 e. The van der Waals surface area contributed by atoms with E-state index in [9.17, 15) is 0 Å². The third-order valence-corrected chi connectivity index (χ3v) is 4.49. The van der Waals surface area contributed by atoms with Gasteiger partial charge in [-0.05, 0) is 36.4 Å². The first kappa shape index (κ1) is 17.7. The molecule has 30 heavy (non-hydrogen) atoms. The monoisotopic (exact) mass is 389 g/mol. The molecule has 0 aliphatic heterocycles. The summed E-state index contributed by atoms with van der Waals surface area (Å²) in [7, 11) is 0. The van der Waals surface area contributed by atoms with E-state index >= 15 is 0 Å². The van der Waals surface area contributed by atoms with E-state index in [0.717, 1.165) is 22.5 Å². The van der Waals surface area contributed by atoms with Gasteiger partial charge in [-0.25, -0.2) is 9.97 Å². The van der Waals surface area contributed by atoms with E-state index in [0.29, 0.717) is 22.9 Å². The third kappa shape index (κ3) is 3.40. The van der Waals surface area contributed by atoms with Gasteiger partial charge in [0.05, 0.1) is 17.0 Å². The number of benzene rings is 1. The molecule has 0 radical (unpaired) electrons. The Morgan fingerprint density at radius 1 is 0.500 bits per heavy atom. The van der Waals surface area contributed by atoms with Crippen LogP contribution in [0, 0.1) is 0 Å². The summed E-state index contributed by atoms with van der Waals surface area (Å²) in [6.07, 6.45) is 5.00. The van der Waals surface area contributed by atoms with Crippen molar-refractivity contribution in [2.45, 2.75) is 0 Å². The summed E-state index contributed by atoms with van der Waals surface area (Å²) in [5, 5.41) is 16.5. The van der Waals surface area contributed by atoms with E-state index < -0.39 is 0 Å². The zero-order chi connectivity index (χ0) is 20.2. The quantitative estimate of drug-likeness (QED) is 0.457. The third-order valence-electron chi connectivity index (χ3n) is 4.49. The van der Waals surface area contributed by atoms with E-state index in [1.807, 2.05) is 72.8 Å². The molecule has 0 atom stereocenters. The highest BCUT2D eigenvalue weighted by Crippen LogP contribution is 2.37. The molecule has 142 valence electrons. The molecule has 0 N–H and O–H groups in total. The summed E-state index contributed by atoms with van der Waals surface area (Å²) >= 11 is 0. The van der Waals surface area contributed by atoms with Crippen molar-refractivity contribution >= 4 is 0 Å². The average molecular weight is 389 g/mol. The van der Waals surface area contributed by atoms with Crippen LogP contribution in [0.1, 0.15) is 0 Å². The minimum absolute atomic E-state index is 0.460. The summed E-state index contributed by atoms with van der Waals surface area (Å²) in [6, 6.07) is 23.0. The van der Waals surface area contributed by atoms with Crippen LogP contribution in [0.3, 0.4) is 0 Å². The molecular weight excluding hydrogens is 374 g/mol. The molecule has 0 fully saturated rings. The van der Waals surface area contributed by atoms with Crippen LogP contribution < -0.4 is 0 Å². The molecule has 0 saturated carbocycles. The average Bonchev–Trinajstić information content (AvgIpc) is 2.85. The van der Waals surface area contributed by atoms with Gasteiger partial charge in [-0.2, -0.15) is 10.2 Å². The van der Waals surface area contributed by atoms with Crippen molar-refractivity contribution < 1.29 is 0 Å². The smallest absolute Gasteiger partial charge is 0.181 e. The van der Waals surface area contributed by atoms with E-state index in [1.165, 1.54) is 0 Å². The number of hydrogen-bond acceptors (Lipinski definition) is 7. The minimum atomic E-state index is 0.460. The lowest BCUT2D eigenvalue weighted by atomic mass is 9.99. The highest BCUT2D eigenvalue weighted by atomic mass is 15.1. The first-order valence-corrected chi connectivity index (χ1v) is 9.35. The summed E-state index contributed by atoms with van der Waals surface area (Å²) in [5.74, 6) is 0.460. The van der Waals surface area contributed by atoms with Crippen LogP contribution in [0.15, 0.2) is 91.4 Å². The Balaban J connectivity index is 1.88. The molecule has 0 saturated heterocycles. The van der Waals surface area contributed by atoms with Gasteiger partial charge in [-0.15, -0.1) is 10.2 Å². The normalized spacial score (nSPS) is 10.7. The van der Waals surface area contributed by atoms with Crippen molar-refractivity contribution in [3.63, 3.8) is 0 Å². The lowest BCUT2D eigenvalue weighted by molar-refractivity contribution is 1.00. The van der Waals surface area contributed by atoms with Crippen LogP contribution in [0.25, 0.3) is 45.4 Å². The molecule has 0 amide bonds. The number of pyridine rings is 1. The van der Waals surface area contributed by atoms with Gasteiger partial charge in [0.1, 0.15) is 17.1 Å². The predicted molar refractivity (Wildman–Crippen MR) is 113 cm³/mol. The van der Waals surface area contributed by atoms with Gasteiger partial charge in [-0.1, -0.05) is 36.4 Å². The fourth-order valence-electron chi connectivity index (χ4n) is 3.17. The number of hydrogen-bond donors (Lipinski definition) is 0. The fraction of sp³-hybridized carbons (Fsp3) is 0. The van der Waals surface area contributed by atoms with Crippen LogP contribution >= 0.6 is 0 Å². The zero-order valence-corrected chi connectivity index (χ0v) is 15.8. The highest BCUT2D eigenvalue weighted by Gasteiger charge is 2.21. The summed E-state index contributed by atoms with van der Waals surface area (Å²) < 4.78 is 0. The van der Waals surface area contributed by atoms with Gasteiger partial charge in [0.25, 0.3) is 0 Å². The van der Waals surface area contributed by atoms with Gasteiger partial charge in [0.2, 0.25) is 0 Å². The Bertz CT molecular complexity index is 1200. The van der Waals surface area contributed by atoms with E-state index in [2.05, 4.69) is 25.4 Å². The van der Waals surface area contributed by atoms with Gasteiger partial charge in [0, 0.05) is 24.2 Å². The van der Waals surface area contributed by atoms with Crippen molar-refractivity contribution in [1.82, 2.24) is 35.3 Å². The SMILES string of the molecule is c1ccc(-c2nc(-c3cccnn3)nc(-c3cccnn3)c2-c2ccccn2)cc1. The Labute approximate surface area is 172 Å². The molecule has 0 spiro atoms. The van der Waals surface area contributed by atoms with Crippen molar-refractivity contribution in [3.05, 3.63) is 91.4 Å². The zero-order valence-electron chi connectivity index (χ0n) is 15.8. The lowest BCUT2D eigenvalue weighted by Gasteiger charge is -2.15. The fourth-order valence-corrected chi connectivity index (χ4v) is 3.17. The van der Waals surface area contributed by atoms with Crippen molar-refractivity contribution in [1.29, 1.82) is 0 Å². The topological polar surface area (TPSA) is 90.2 Å². The highest BCUT2D eigenvalue weighted by molar-refractivity contribution is 5.89. The molecule has 4 aromatic heterocycles. The first-order valence-electron chi connectivity index (χ1n) is 9.35. The predicted octanol–water partition coefficient (Wildman–Crippen LogP) is 4.12. The lowest BCUT2D eigenvalue weighted by Crippen LogP contribution is -2.03. The Hall–Kier alpha value is -4.39. The molecule has 4 heterocycles. The summed E-state index contributed by atoms with van der Waals surface area (Å²) in [4.78, 5) is 14.3. The van der Waals surface area contributed by atoms with Crippen molar-refractivity contribution in [3.8, 4) is 45.4 Å². The maximum absolute atomic E-state index is 4.87. The van der Waals surface area contributed by atoms with Crippen LogP contribution in [0.5, 0.6) is 0 Å². The van der Waals surface area contributed by atoms with E-state index in [-0.39, 0.29) is 0 Å². The Kier molecular flexibility index (Phi) is 4.67. The second-order valence-electron chi connectivity index (χ2n) is 6.42. The standard InChI is InChI=1S/C23H15N7/c1-2-8-16(9-3-1)21-20(17-10-4-5-13-24-17)22(18-11-6-14-25-29-18)28-23(27-21)19-12-7-15-26-30-19/h1-15H. The Morgan fingerprint density at radius 3 is 1.83 bits per heavy atom. The molecule has 7 heteroatoms. The van der Waals surface area contributed by atoms with Gasteiger partial charge in [0.15, 0.2) is 5.82 Å². The number of aromatic nitrogens is 7. The van der Waals surface area contributed by atoms with Crippen LogP contribution in [-0.2, 0) is 0 Å². The molecule has 7 nitrogen and oxygen atoms in total. The second-order valence-corrected chi connectivity index (χ2v) is 6.42. The molecule has 0 unspecified atom stereocenters. The van der Waals surface area contributed by atoms with Crippen molar-refractivity contribution in [2.75, 3.05) is 0 Å². The maximum Gasteiger partial charge on any atom is 0.181 e. The Morgan fingerprint density at radius 2 is 1.17 bits per heavy atom.